The molecule has 0 aromatic carbocycles. The maximum absolute atomic E-state index is 11.0. The molecule has 1 aromatic rings. The van der Waals surface area contributed by atoms with E-state index in [1.807, 2.05) is 0 Å². The van der Waals surface area contributed by atoms with Gasteiger partial charge in [0.05, 0.1) is 5.69 Å². The average Bonchev–Trinajstić information content (AvgIpc) is 3.01. The number of carboxylic acids is 1. The van der Waals surface area contributed by atoms with Gasteiger partial charge in [-0.25, -0.2) is 9.48 Å². The summed E-state index contributed by atoms with van der Waals surface area (Å²) in [6.07, 6.45) is 3.96. The number of rotatable bonds is 7. The summed E-state index contributed by atoms with van der Waals surface area (Å²) in [5, 5.41) is 16.7. The molecule has 1 aliphatic rings. The Labute approximate surface area is 99.6 Å². The van der Waals surface area contributed by atoms with Crippen LogP contribution in [0.4, 0.5) is 0 Å². The zero-order chi connectivity index (χ0) is 12.3. The molecule has 0 spiro atoms. The summed E-state index contributed by atoms with van der Waals surface area (Å²) in [5.74, 6) is -0.369. The van der Waals surface area contributed by atoms with Crippen LogP contribution in [-0.2, 0) is 17.7 Å². The van der Waals surface area contributed by atoms with Gasteiger partial charge in [0.15, 0.2) is 5.69 Å². The van der Waals surface area contributed by atoms with Crippen molar-refractivity contribution in [2.45, 2.75) is 32.2 Å². The second-order valence-electron chi connectivity index (χ2n) is 4.41. The standard InChI is InChI=1S/C11H17N3O3/c1-17-6-2-5-14-9(7-8-3-4-8)10(11(15)16)12-13-14/h8H,2-7H2,1H3,(H,15,16). The Bertz CT molecular complexity index is 399. The number of aromatic carboxylic acids is 1. The van der Waals surface area contributed by atoms with Crippen molar-refractivity contribution in [2.24, 2.45) is 5.92 Å². The van der Waals surface area contributed by atoms with Crippen molar-refractivity contribution in [3.8, 4) is 0 Å². The van der Waals surface area contributed by atoms with E-state index in [1.165, 1.54) is 12.8 Å². The number of hydrogen-bond acceptors (Lipinski definition) is 4. The highest BCUT2D eigenvalue weighted by atomic mass is 16.5. The molecule has 1 saturated carbocycles. The molecule has 17 heavy (non-hydrogen) atoms. The quantitative estimate of drug-likeness (QED) is 0.717. The van der Waals surface area contributed by atoms with Crippen molar-refractivity contribution in [3.05, 3.63) is 11.4 Å². The highest BCUT2D eigenvalue weighted by Gasteiger charge is 2.27. The van der Waals surface area contributed by atoms with Crippen LogP contribution in [-0.4, -0.2) is 39.8 Å². The number of hydrogen-bond donors (Lipinski definition) is 1. The zero-order valence-corrected chi connectivity index (χ0v) is 9.93. The Kier molecular flexibility index (Phi) is 3.73. The minimum atomic E-state index is -0.987. The van der Waals surface area contributed by atoms with E-state index in [0.717, 1.165) is 18.5 Å². The van der Waals surface area contributed by atoms with Crippen molar-refractivity contribution < 1.29 is 14.6 Å². The Balaban J connectivity index is 2.09. The lowest BCUT2D eigenvalue weighted by Gasteiger charge is -2.05. The van der Waals surface area contributed by atoms with Crippen LogP contribution in [0, 0.1) is 5.92 Å². The minimum Gasteiger partial charge on any atom is -0.476 e. The average molecular weight is 239 g/mol. The summed E-state index contributed by atoms with van der Waals surface area (Å²) in [4.78, 5) is 11.0. The van der Waals surface area contributed by atoms with Gasteiger partial charge in [-0.15, -0.1) is 5.10 Å². The number of ether oxygens (including phenoxy) is 1. The third-order valence-corrected chi connectivity index (χ3v) is 2.94. The third-order valence-electron chi connectivity index (χ3n) is 2.94. The van der Waals surface area contributed by atoms with Crippen LogP contribution in [0.25, 0.3) is 0 Å². The Morgan fingerprint density at radius 1 is 1.59 bits per heavy atom. The Morgan fingerprint density at radius 3 is 2.94 bits per heavy atom. The number of carboxylic acid groups (broad SMARTS) is 1. The largest absolute Gasteiger partial charge is 0.476 e. The fraction of sp³-hybridized carbons (Fsp3) is 0.727. The summed E-state index contributed by atoms with van der Waals surface area (Å²) in [6.45, 7) is 1.31. The lowest BCUT2D eigenvalue weighted by atomic mass is 10.2. The first-order chi connectivity index (χ1) is 8.22. The van der Waals surface area contributed by atoms with Gasteiger partial charge < -0.3 is 9.84 Å². The molecule has 1 heterocycles. The van der Waals surface area contributed by atoms with Gasteiger partial charge in [0.1, 0.15) is 0 Å². The van der Waals surface area contributed by atoms with Gasteiger partial charge >= 0.3 is 5.97 Å². The van der Waals surface area contributed by atoms with Crippen LogP contribution < -0.4 is 0 Å². The van der Waals surface area contributed by atoms with E-state index in [4.69, 9.17) is 9.84 Å². The highest BCUT2D eigenvalue weighted by molar-refractivity contribution is 5.86. The number of methoxy groups -OCH3 is 1. The van der Waals surface area contributed by atoms with Crippen LogP contribution in [0.3, 0.4) is 0 Å². The van der Waals surface area contributed by atoms with Crippen molar-refractivity contribution in [2.75, 3.05) is 13.7 Å². The molecule has 94 valence electrons. The first-order valence-electron chi connectivity index (χ1n) is 5.87. The SMILES string of the molecule is COCCCn1nnc(C(=O)O)c1CC1CC1. The van der Waals surface area contributed by atoms with E-state index in [-0.39, 0.29) is 5.69 Å². The van der Waals surface area contributed by atoms with E-state index in [1.54, 1.807) is 11.8 Å². The smallest absolute Gasteiger partial charge is 0.358 e. The molecule has 1 aromatic heterocycles. The number of nitrogens with zero attached hydrogens (tertiary/aromatic N) is 3. The molecule has 0 aliphatic heterocycles. The number of aryl methyl sites for hydroxylation is 1. The molecule has 0 unspecified atom stereocenters. The van der Waals surface area contributed by atoms with Gasteiger partial charge in [0.25, 0.3) is 0 Å². The van der Waals surface area contributed by atoms with Gasteiger partial charge in [0, 0.05) is 20.3 Å². The van der Waals surface area contributed by atoms with Crippen molar-refractivity contribution in [1.29, 1.82) is 0 Å². The molecule has 0 radical (unpaired) electrons. The molecule has 1 aliphatic carbocycles. The lowest BCUT2D eigenvalue weighted by molar-refractivity contribution is 0.0689. The summed E-state index contributed by atoms with van der Waals surface area (Å²) in [6, 6.07) is 0. The van der Waals surface area contributed by atoms with E-state index in [2.05, 4.69) is 10.3 Å². The van der Waals surface area contributed by atoms with Gasteiger partial charge in [0.2, 0.25) is 0 Å². The van der Waals surface area contributed by atoms with Crippen molar-refractivity contribution >= 4 is 5.97 Å². The fourth-order valence-corrected chi connectivity index (χ4v) is 1.83. The van der Waals surface area contributed by atoms with Crippen molar-refractivity contribution in [3.63, 3.8) is 0 Å². The van der Waals surface area contributed by atoms with Crippen molar-refractivity contribution in [1.82, 2.24) is 15.0 Å². The minimum absolute atomic E-state index is 0.106. The molecule has 6 heteroatoms. The molecule has 1 N–H and O–H groups in total. The highest BCUT2D eigenvalue weighted by Crippen LogP contribution is 2.33. The predicted octanol–water partition coefficient (Wildman–Crippen LogP) is 0.965. The zero-order valence-electron chi connectivity index (χ0n) is 9.93. The number of aromatic nitrogens is 3. The van der Waals surface area contributed by atoms with E-state index < -0.39 is 5.97 Å². The molecule has 0 amide bonds. The Morgan fingerprint density at radius 2 is 2.35 bits per heavy atom. The molecule has 6 nitrogen and oxygen atoms in total. The van der Waals surface area contributed by atoms with Gasteiger partial charge in [-0.05, 0) is 31.6 Å². The molecule has 0 saturated heterocycles. The Hall–Kier alpha value is -1.43. The first-order valence-corrected chi connectivity index (χ1v) is 5.87. The van der Waals surface area contributed by atoms with E-state index >= 15 is 0 Å². The van der Waals surface area contributed by atoms with Gasteiger partial charge in [-0.2, -0.15) is 0 Å². The molecule has 1 fully saturated rings. The number of carbonyl (C=O) groups is 1. The summed E-state index contributed by atoms with van der Waals surface area (Å²) >= 11 is 0. The molecule has 0 bridgehead atoms. The van der Waals surface area contributed by atoms with Crippen LogP contribution in [0.15, 0.2) is 0 Å². The first kappa shape index (κ1) is 12.0. The predicted molar refractivity (Wildman–Crippen MR) is 59.9 cm³/mol. The maximum Gasteiger partial charge on any atom is 0.358 e. The lowest BCUT2D eigenvalue weighted by Crippen LogP contribution is -2.10. The molecular formula is C11H17N3O3. The van der Waals surface area contributed by atoms with Crippen LogP contribution >= 0.6 is 0 Å². The monoisotopic (exact) mass is 239 g/mol. The van der Waals surface area contributed by atoms with E-state index in [9.17, 15) is 4.79 Å². The van der Waals surface area contributed by atoms with Crippen LogP contribution in [0.2, 0.25) is 0 Å². The normalized spacial score (nSPS) is 15.1. The third kappa shape index (κ3) is 3.03. The summed E-state index contributed by atoms with van der Waals surface area (Å²) in [7, 11) is 1.65. The topological polar surface area (TPSA) is 77.2 Å². The maximum atomic E-state index is 11.0. The van der Waals surface area contributed by atoms with E-state index in [0.29, 0.717) is 19.1 Å². The summed E-state index contributed by atoms with van der Waals surface area (Å²) in [5.41, 5.74) is 0.866. The molecule has 0 atom stereocenters. The van der Waals surface area contributed by atoms with Crippen LogP contribution in [0.5, 0.6) is 0 Å². The van der Waals surface area contributed by atoms with Crippen LogP contribution in [0.1, 0.15) is 35.4 Å². The summed E-state index contributed by atoms with van der Waals surface area (Å²) < 4.78 is 6.68. The fourth-order valence-electron chi connectivity index (χ4n) is 1.83. The molecule has 2 rings (SSSR count). The molecular weight excluding hydrogens is 222 g/mol. The van der Waals surface area contributed by atoms with Gasteiger partial charge in [-0.3, -0.25) is 0 Å². The second-order valence-corrected chi connectivity index (χ2v) is 4.41. The van der Waals surface area contributed by atoms with Gasteiger partial charge in [-0.1, -0.05) is 5.21 Å². The second kappa shape index (κ2) is 5.27.